The molecule has 0 amide bonds. The van der Waals surface area contributed by atoms with Gasteiger partial charge in [0.2, 0.25) is 0 Å². The molecule has 0 saturated carbocycles. The predicted molar refractivity (Wildman–Crippen MR) is 51.5 cm³/mol. The molecule has 0 fully saturated rings. The fourth-order valence-corrected chi connectivity index (χ4v) is 1.08. The molecule has 0 aromatic heterocycles. The summed E-state index contributed by atoms with van der Waals surface area (Å²) in [5.74, 6) is 0.292. The molecule has 3 nitrogen and oxygen atoms in total. The van der Waals surface area contributed by atoms with Crippen LogP contribution in [0, 0.1) is 0 Å². The van der Waals surface area contributed by atoms with E-state index < -0.39 is 0 Å². The summed E-state index contributed by atoms with van der Waals surface area (Å²) in [5, 5.41) is 21.4. The minimum atomic E-state index is -0.356. The second-order valence-electron chi connectivity index (χ2n) is 3.11. The molecule has 13 heavy (non-hydrogen) atoms. The van der Waals surface area contributed by atoms with Crippen molar-refractivity contribution in [3.8, 4) is 5.75 Å². The van der Waals surface area contributed by atoms with Crippen molar-refractivity contribution < 1.29 is 10.2 Å². The average molecular weight is 181 g/mol. The monoisotopic (exact) mass is 181 g/mol. The van der Waals surface area contributed by atoms with Crippen LogP contribution in [0.3, 0.4) is 0 Å². The minimum Gasteiger partial charge on any atom is -0.508 e. The van der Waals surface area contributed by atoms with Gasteiger partial charge in [0, 0.05) is 18.7 Å². The molecule has 0 aliphatic rings. The van der Waals surface area contributed by atoms with Crippen LogP contribution in [-0.4, -0.2) is 22.9 Å². The van der Waals surface area contributed by atoms with Gasteiger partial charge < -0.3 is 15.5 Å². The molecule has 1 aromatic rings. The van der Waals surface area contributed by atoms with E-state index in [1.807, 2.05) is 12.1 Å². The number of phenolic OH excluding ortho intramolecular Hbond substituents is 1. The van der Waals surface area contributed by atoms with Gasteiger partial charge in [-0.25, -0.2) is 0 Å². The Balaban J connectivity index is 2.41. The molecule has 3 heteroatoms. The summed E-state index contributed by atoms with van der Waals surface area (Å²) in [6.07, 6.45) is -0.356. The van der Waals surface area contributed by atoms with Gasteiger partial charge in [-0.1, -0.05) is 18.2 Å². The minimum absolute atomic E-state index is 0.292. The van der Waals surface area contributed by atoms with Crippen molar-refractivity contribution in [2.75, 3.05) is 6.54 Å². The standard InChI is InChI=1S/C10H15NO2/c1-8(12)6-11-7-9-4-2-3-5-10(9)13/h2-5,8,11-13H,6-7H2,1H3/t8-/m1/s1. The zero-order valence-electron chi connectivity index (χ0n) is 7.70. The molecule has 0 unspecified atom stereocenters. The van der Waals surface area contributed by atoms with E-state index in [9.17, 15) is 5.11 Å². The summed E-state index contributed by atoms with van der Waals surface area (Å²) >= 11 is 0. The van der Waals surface area contributed by atoms with Crippen LogP contribution in [0.2, 0.25) is 0 Å². The van der Waals surface area contributed by atoms with E-state index in [4.69, 9.17) is 5.11 Å². The van der Waals surface area contributed by atoms with E-state index in [-0.39, 0.29) is 6.10 Å². The van der Waals surface area contributed by atoms with Crippen LogP contribution in [0.5, 0.6) is 5.75 Å². The van der Waals surface area contributed by atoms with Crippen molar-refractivity contribution in [3.63, 3.8) is 0 Å². The average Bonchev–Trinajstić information content (AvgIpc) is 2.08. The van der Waals surface area contributed by atoms with E-state index in [1.165, 1.54) is 0 Å². The fourth-order valence-electron chi connectivity index (χ4n) is 1.08. The van der Waals surface area contributed by atoms with Crippen molar-refractivity contribution in [1.82, 2.24) is 5.32 Å². The molecular formula is C10H15NO2. The molecule has 1 rings (SSSR count). The summed E-state index contributed by atoms with van der Waals surface area (Å²) in [4.78, 5) is 0. The summed E-state index contributed by atoms with van der Waals surface area (Å²) in [7, 11) is 0. The second-order valence-corrected chi connectivity index (χ2v) is 3.11. The number of hydrogen-bond donors (Lipinski definition) is 3. The predicted octanol–water partition coefficient (Wildman–Crippen LogP) is 0.863. The first-order chi connectivity index (χ1) is 6.20. The smallest absolute Gasteiger partial charge is 0.120 e. The molecule has 1 atom stereocenters. The molecule has 0 aliphatic heterocycles. The number of para-hydroxylation sites is 1. The van der Waals surface area contributed by atoms with Crippen molar-refractivity contribution in [1.29, 1.82) is 0 Å². The Morgan fingerprint density at radius 1 is 1.38 bits per heavy atom. The maximum atomic E-state index is 9.37. The second kappa shape index (κ2) is 4.84. The number of hydrogen-bond acceptors (Lipinski definition) is 3. The van der Waals surface area contributed by atoms with Gasteiger partial charge >= 0.3 is 0 Å². The van der Waals surface area contributed by atoms with Gasteiger partial charge in [0.05, 0.1) is 6.10 Å². The topological polar surface area (TPSA) is 52.5 Å². The lowest BCUT2D eigenvalue weighted by Crippen LogP contribution is -2.23. The first-order valence-electron chi connectivity index (χ1n) is 4.36. The van der Waals surface area contributed by atoms with E-state index in [0.717, 1.165) is 5.56 Å². The quantitative estimate of drug-likeness (QED) is 0.646. The Morgan fingerprint density at radius 3 is 2.69 bits per heavy atom. The molecule has 3 N–H and O–H groups in total. The highest BCUT2D eigenvalue weighted by molar-refractivity contribution is 5.31. The summed E-state index contributed by atoms with van der Waals surface area (Å²) in [6, 6.07) is 7.16. The number of aliphatic hydroxyl groups excluding tert-OH is 1. The van der Waals surface area contributed by atoms with Gasteiger partial charge in [-0.3, -0.25) is 0 Å². The molecule has 0 saturated heterocycles. The third-order valence-electron chi connectivity index (χ3n) is 1.75. The Kier molecular flexibility index (Phi) is 3.73. The first kappa shape index (κ1) is 10.0. The van der Waals surface area contributed by atoms with Crippen LogP contribution >= 0.6 is 0 Å². The van der Waals surface area contributed by atoms with Gasteiger partial charge in [-0.15, -0.1) is 0 Å². The molecule has 0 heterocycles. The molecule has 0 aliphatic carbocycles. The molecule has 1 aromatic carbocycles. The Bertz CT molecular complexity index is 261. The highest BCUT2D eigenvalue weighted by Crippen LogP contribution is 2.14. The Labute approximate surface area is 78.0 Å². The van der Waals surface area contributed by atoms with Crippen molar-refractivity contribution in [2.45, 2.75) is 19.6 Å². The summed E-state index contributed by atoms with van der Waals surface area (Å²) in [6.45, 7) is 2.84. The van der Waals surface area contributed by atoms with Crippen molar-refractivity contribution in [3.05, 3.63) is 29.8 Å². The highest BCUT2D eigenvalue weighted by Gasteiger charge is 1.99. The van der Waals surface area contributed by atoms with Gasteiger partial charge in [0.15, 0.2) is 0 Å². The fraction of sp³-hybridized carbons (Fsp3) is 0.400. The van der Waals surface area contributed by atoms with Gasteiger partial charge in [-0.05, 0) is 13.0 Å². The Hall–Kier alpha value is -1.06. The van der Waals surface area contributed by atoms with Gasteiger partial charge in [-0.2, -0.15) is 0 Å². The van der Waals surface area contributed by atoms with E-state index >= 15 is 0 Å². The largest absolute Gasteiger partial charge is 0.508 e. The molecule has 0 spiro atoms. The molecule has 0 radical (unpaired) electrons. The lowest BCUT2D eigenvalue weighted by Gasteiger charge is -2.07. The maximum Gasteiger partial charge on any atom is 0.120 e. The summed E-state index contributed by atoms with van der Waals surface area (Å²) in [5.41, 5.74) is 0.850. The first-order valence-corrected chi connectivity index (χ1v) is 4.36. The van der Waals surface area contributed by atoms with Crippen LogP contribution in [0.15, 0.2) is 24.3 Å². The van der Waals surface area contributed by atoms with Crippen LogP contribution in [0.25, 0.3) is 0 Å². The molecule has 72 valence electrons. The third-order valence-corrected chi connectivity index (χ3v) is 1.75. The van der Waals surface area contributed by atoms with Crippen LogP contribution in [-0.2, 0) is 6.54 Å². The van der Waals surface area contributed by atoms with Crippen molar-refractivity contribution >= 4 is 0 Å². The number of benzene rings is 1. The number of aromatic hydroxyl groups is 1. The SMILES string of the molecule is C[C@@H](O)CNCc1ccccc1O. The van der Waals surface area contributed by atoms with E-state index in [2.05, 4.69) is 5.32 Å². The summed E-state index contributed by atoms with van der Waals surface area (Å²) < 4.78 is 0. The third kappa shape index (κ3) is 3.44. The molecular weight excluding hydrogens is 166 g/mol. The van der Waals surface area contributed by atoms with Gasteiger partial charge in [0.1, 0.15) is 5.75 Å². The van der Waals surface area contributed by atoms with Crippen molar-refractivity contribution in [2.24, 2.45) is 0 Å². The lowest BCUT2D eigenvalue weighted by atomic mass is 10.2. The van der Waals surface area contributed by atoms with Gasteiger partial charge in [0.25, 0.3) is 0 Å². The van der Waals surface area contributed by atoms with Crippen LogP contribution in [0.4, 0.5) is 0 Å². The number of phenols is 1. The zero-order chi connectivity index (χ0) is 9.68. The number of nitrogens with one attached hydrogen (secondary N) is 1. The lowest BCUT2D eigenvalue weighted by molar-refractivity contribution is 0.191. The zero-order valence-corrected chi connectivity index (χ0v) is 7.70. The normalized spacial score (nSPS) is 12.8. The Morgan fingerprint density at radius 2 is 2.08 bits per heavy atom. The highest BCUT2D eigenvalue weighted by atomic mass is 16.3. The number of rotatable bonds is 4. The van der Waals surface area contributed by atoms with E-state index in [1.54, 1.807) is 19.1 Å². The van der Waals surface area contributed by atoms with Crippen LogP contribution < -0.4 is 5.32 Å². The van der Waals surface area contributed by atoms with Crippen LogP contribution in [0.1, 0.15) is 12.5 Å². The maximum absolute atomic E-state index is 9.37. The number of aliphatic hydroxyl groups is 1. The van der Waals surface area contributed by atoms with E-state index in [0.29, 0.717) is 18.8 Å². The molecule has 0 bridgehead atoms.